The van der Waals surface area contributed by atoms with Crippen molar-refractivity contribution in [3.05, 3.63) is 0 Å². The normalized spacial score (nSPS) is 8.34. The fourth-order valence-corrected chi connectivity index (χ4v) is 9.32. The molecular weight excluding hydrogens is 1910 g/mol. The van der Waals surface area contributed by atoms with Gasteiger partial charge in [-0.3, -0.25) is 28.8 Å². The van der Waals surface area contributed by atoms with E-state index in [1.54, 1.807) is 0 Å². The average molecular weight is 2080 g/mol. The van der Waals surface area contributed by atoms with E-state index in [4.69, 9.17) is 185 Å². The molecule has 0 saturated heterocycles. The molecule has 0 aliphatic heterocycles. The summed E-state index contributed by atoms with van der Waals surface area (Å²) in [5, 5.41) is 1.41. The summed E-state index contributed by atoms with van der Waals surface area (Å²) in [6.07, 6.45) is 3.11. The van der Waals surface area contributed by atoms with Gasteiger partial charge in [0.15, 0.2) is 0 Å². The van der Waals surface area contributed by atoms with E-state index in [-0.39, 0.29) is 16.5 Å². The van der Waals surface area contributed by atoms with Gasteiger partial charge in [0.05, 0.1) is 65.6 Å². The van der Waals surface area contributed by atoms with Crippen LogP contribution in [0, 0.1) is 0 Å². The van der Waals surface area contributed by atoms with Crippen molar-refractivity contribution in [2.45, 2.75) is 240 Å². The molecule has 0 radical (unpaired) electrons. The first-order valence-corrected chi connectivity index (χ1v) is 47.7. The number of thiol groups is 6. The van der Waals surface area contributed by atoms with Gasteiger partial charge in [-0.15, -0.1) is 0 Å². The van der Waals surface area contributed by atoms with Gasteiger partial charge in [-0.25, -0.2) is 0 Å². The number of hydrogen-bond acceptors (Lipinski definition) is 26. The molecular formula is C76H172N16O16S16. The average Bonchev–Trinajstić information content (AvgIpc) is 0.949. The molecule has 0 aliphatic carbocycles. The predicted molar refractivity (Wildman–Crippen MR) is 587 cm³/mol. The first-order valence-electron chi connectivity index (χ1n) is 41.0. The van der Waals surface area contributed by atoms with Gasteiger partial charge in [-0.1, -0.05) is 124 Å². The first-order chi connectivity index (χ1) is 57.8. The molecule has 48 heteroatoms. The number of carbonyl (C=O) groups excluding carboxylic acids is 6. The second-order valence-corrected chi connectivity index (χ2v) is 26.7. The zero-order valence-electron chi connectivity index (χ0n) is 80.9. The second-order valence-electron chi connectivity index (χ2n) is 20.5. The first kappa shape index (κ1) is 163. The quantitative estimate of drug-likeness (QED) is 0.0244. The summed E-state index contributed by atoms with van der Waals surface area (Å²) in [6, 6.07) is 0. The molecule has 0 rings (SSSR count). The van der Waals surface area contributed by atoms with Crippen LogP contribution in [0.3, 0.4) is 0 Å². The summed E-state index contributed by atoms with van der Waals surface area (Å²) in [7, 11) is 0. The van der Waals surface area contributed by atoms with Gasteiger partial charge in [0.1, 0.15) is 0 Å². The summed E-state index contributed by atoms with van der Waals surface area (Å²) >= 11 is 67.4. The maximum atomic E-state index is 9.09. The van der Waals surface area contributed by atoms with Crippen LogP contribution in [0.4, 0.5) is 28.8 Å². The largest absolute Gasteiger partial charge is 0.471 e. The molecule has 748 valence electrons. The minimum atomic E-state index is -0.639. The Morgan fingerprint density at radius 1 is 0.226 bits per heavy atom. The molecule has 6 amide bonds. The van der Waals surface area contributed by atoms with Gasteiger partial charge >= 0.3 is 0 Å². The zero-order valence-corrected chi connectivity index (χ0v) is 94.4. The Hall–Kier alpha value is -4.18. The summed E-state index contributed by atoms with van der Waals surface area (Å²) in [4.78, 5) is 70.7. The van der Waals surface area contributed by atoms with Crippen LogP contribution in [0.25, 0.3) is 0 Å². The highest BCUT2D eigenvalue weighted by molar-refractivity contribution is 7.97. The molecule has 0 bridgehead atoms. The molecule has 0 aromatic heterocycles. The Morgan fingerprint density at radius 3 is 0.411 bits per heavy atom. The maximum absolute atomic E-state index is 9.09. The SMILES string of the molecule is CC.CC.CCCOC(=S)N(CC)CC.CCCOC(N)=S.CCCOC(N)=S.CCN(CC)C(=S)OC(C)C.CCOC(=S)N(CC)CC.CCOC(=S)N(CC)CC.CCOC(=S)N(CC)CC.CCOC(=S)N(CC)CC.CCOC(=S)N(CC)CC.CCOC(=S)N(CC)CC.NC(=O)S.NC(=O)S.NC(=O)S.NC(=O)S.NC(=O)S.NC(=O)S. The number of nitrogens with zero attached hydrogens (tertiary/aromatic N) is 8. The van der Waals surface area contributed by atoms with Crippen molar-refractivity contribution in [3.63, 3.8) is 0 Å². The Balaban J connectivity index is -0.0000000609. The number of nitrogens with two attached hydrogens (primary N) is 8. The van der Waals surface area contributed by atoms with E-state index in [1.807, 2.05) is 136 Å². The van der Waals surface area contributed by atoms with E-state index in [9.17, 15) is 0 Å². The second kappa shape index (κ2) is 139. The number of primary amides is 6. The molecule has 0 unspecified atom stereocenters. The van der Waals surface area contributed by atoms with Gasteiger partial charge in [0, 0.05) is 105 Å². The third kappa shape index (κ3) is 183. The van der Waals surface area contributed by atoms with E-state index < -0.39 is 31.4 Å². The number of amides is 6. The standard InChI is InChI=1S/2C8H17NOS.6C7H15NOS.2C4H9NOS.2C2H6.6CH3NOS/c1-5-9(6-2)8(11)10-7(3)4;1-4-7-10-8(11)9(5-2)6-3;6*1-4-8(5-2)7(10)9-6-3;2*1-2-3-6-4(5)7;2*1-2;6*2-1(3)4/h7H,5-6H2,1-4H3;4-7H2,1-3H3;6*4-6H2,1-3H3;2*2-3H2,1H3,(H2,5,7);2*1-2H3;6*(H3,2,3,4). The topological polar surface area (TPSA) is 429 Å². The van der Waals surface area contributed by atoms with Gasteiger partial charge in [0.25, 0.3) is 83.2 Å². The molecule has 0 aromatic carbocycles. The Morgan fingerprint density at radius 2 is 0.331 bits per heavy atom. The molecule has 0 aromatic rings. The summed E-state index contributed by atoms with van der Waals surface area (Å²) in [5.74, 6) is 0. The number of carbonyl (C=O) groups is 6. The minimum absolute atomic E-state index is 0.141. The lowest BCUT2D eigenvalue weighted by atomic mass is 10.5. The third-order valence-electron chi connectivity index (χ3n) is 11.4. The molecule has 0 fully saturated rings. The smallest absolute Gasteiger partial charge is 0.273 e. The van der Waals surface area contributed by atoms with Crippen LogP contribution in [-0.2, 0) is 47.4 Å². The fraction of sp³-hybridized carbons (Fsp3) is 0.789. The van der Waals surface area contributed by atoms with Gasteiger partial charge in [0.2, 0.25) is 0 Å². The minimum Gasteiger partial charge on any atom is -0.471 e. The van der Waals surface area contributed by atoms with E-state index in [0.29, 0.717) is 94.3 Å². The molecule has 0 heterocycles. The lowest BCUT2D eigenvalue weighted by molar-refractivity contribution is 0.191. The Labute approximate surface area is 839 Å². The summed E-state index contributed by atoms with van der Waals surface area (Å²) < 4.78 is 50.9. The summed E-state index contributed by atoms with van der Waals surface area (Å²) in [6.45, 7) is 83.5. The highest BCUT2D eigenvalue weighted by Crippen LogP contribution is 2.01. The van der Waals surface area contributed by atoms with Crippen molar-refractivity contribution in [1.29, 1.82) is 0 Å². The molecule has 124 heavy (non-hydrogen) atoms. The van der Waals surface area contributed by atoms with Gasteiger partial charge in [-0.2, -0.15) is 0 Å². The number of ether oxygens (including phenoxy) is 10. The number of rotatable bonds is 29. The van der Waals surface area contributed by atoms with Crippen LogP contribution < -0.4 is 45.9 Å². The zero-order chi connectivity index (χ0) is 102. The van der Waals surface area contributed by atoms with Crippen molar-refractivity contribution >= 4 is 281 Å². The van der Waals surface area contributed by atoms with E-state index >= 15 is 0 Å². The van der Waals surface area contributed by atoms with Crippen LogP contribution in [0.5, 0.6) is 0 Å². The monoisotopic (exact) mass is 2080 g/mol. The fourth-order valence-electron chi connectivity index (χ4n) is 6.11. The van der Waals surface area contributed by atoms with Crippen LogP contribution in [0.2, 0.25) is 0 Å². The summed E-state index contributed by atoms with van der Waals surface area (Å²) in [5.41, 5.74) is 36.0. The molecule has 0 spiro atoms. The van der Waals surface area contributed by atoms with Crippen LogP contribution >= 0.6 is 198 Å². The Kier molecular flexibility index (Phi) is 183. The van der Waals surface area contributed by atoms with Crippen molar-refractivity contribution in [2.24, 2.45) is 45.9 Å². The van der Waals surface area contributed by atoms with Crippen molar-refractivity contribution in [2.75, 3.05) is 164 Å². The highest BCUT2D eigenvalue weighted by Gasteiger charge is 2.10. The highest BCUT2D eigenvalue weighted by atomic mass is 32.1. The lowest BCUT2D eigenvalue weighted by Crippen LogP contribution is -2.32. The van der Waals surface area contributed by atoms with E-state index in [2.05, 4.69) is 252 Å². The van der Waals surface area contributed by atoms with Gasteiger partial charge < -0.3 is 132 Å². The van der Waals surface area contributed by atoms with Crippen molar-refractivity contribution in [1.82, 2.24) is 39.2 Å². The molecule has 32 nitrogen and oxygen atoms in total. The molecule has 0 atom stereocenters. The van der Waals surface area contributed by atoms with Crippen LogP contribution in [0.1, 0.15) is 234 Å². The molecule has 0 saturated carbocycles. The van der Waals surface area contributed by atoms with E-state index in [1.165, 1.54) is 0 Å². The molecule has 16 N–H and O–H groups in total. The van der Waals surface area contributed by atoms with E-state index in [0.717, 1.165) is 131 Å². The number of hydrogen-bond donors (Lipinski definition) is 14. The lowest BCUT2D eigenvalue weighted by Gasteiger charge is -2.22. The van der Waals surface area contributed by atoms with Gasteiger partial charge in [-0.05, 0) is 308 Å². The number of thiocarbonyl (C=S) groups is 10. The Bertz CT molecular complexity index is 2120. The van der Waals surface area contributed by atoms with Crippen molar-refractivity contribution in [3.8, 4) is 0 Å². The van der Waals surface area contributed by atoms with Crippen LogP contribution in [0.15, 0.2) is 0 Å². The van der Waals surface area contributed by atoms with Crippen LogP contribution in [-0.4, -0.2) is 293 Å². The van der Waals surface area contributed by atoms with Crippen molar-refractivity contribution < 1.29 is 76.1 Å². The third-order valence-corrected chi connectivity index (χ3v) is 14.7. The predicted octanol–water partition coefficient (Wildman–Crippen LogP) is 17.3. The maximum Gasteiger partial charge on any atom is 0.273 e. The molecule has 0 aliphatic rings.